The van der Waals surface area contributed by atoms with Crippen molar-refractivity contribution in [3.05, 3.63) is 35.5 Å². The fourth-order valence-electron chi connectivity index (χ4n) is 2.75. The molecule has 2 aromatic rings. The third-order valence-electron chi connectivity index (χ3n) is 4.02. The van der Waals surface area contributed by atoms with Crippen LogP contribution in [0.5, 0.6) is 0 Å². The molecule has 2 aromatic heterocycles. The number of carbonyl (C=O) groups excluding carboxylic acids is 1. The Bertz CT molecular complexity index is 677. The number of amides is 1. The van der Waals surface area contributed by atoms with E-state index < -0.39 is 11.9 Å². The minimum absolute atomic E-state index is 0.144. The molecule has 1 atom stereocenters. The van der Waals surface area contributed by atoms with Crippen molar-refractivity contribution >= 4 is 11.6 Å². The van der Waals surface area contributed by atoms with E-state index >= 15 is 0 Å². The van der Waals surface area contributed by atoms with E-state index in [-0.39, 0.29) is 5.69 Å². The van der Waals surface area contributed by atoms with E-state index in [1.807, 2.05) is 13.0 Å². The average molecular weight is 305 g/mol. The van der Waals surface area contributed by atoms with Gasteiger partial charge in [-0.3, -0.25) is 9.20 Å². The Kier molecular flexibility index (Phi) is 4.38. The van der Waals surface area contributed by atoms with Gasteiger partial charge in [0.15, 0.2) is 5.69 Å². The summed E-state index contributed by atoms with van der Waals surface area (Å²) >= 11 is 0. The van der Waals surface area contributed by atoms with E-state index in [1.165, 1.54) is 4.40 Å². The predicted molar refractivity (Wildman–Crippen MR) is 80.4 cm³/mol. The standard InChI is InChI=1S/C16H20FN3O2/c1-11-4-5-13-19-14(15(17)20(13)9-11)16(21)18-7-2-3-12-6-8-22-10-12/h4-5,9,12H,2-3,6-8,10H2,1H3,(H,18,21). The molecule has 0 aromatic carbocycles. The molecule has 1 amide bonds. The van der Waals surface area contributed by atoms with Crippen LogP contribution in [-0.2, 0) is 4.74 Å². The molecule has 1 aliphatic rings. The van der Waals surface area contributed by atoms with Crippen LogP contribution in [0.15, 0.2) is 18.3 Å². The van der Waals surface area contributed by atoms with Gasteiger partial charge < -0.3 is 10.1 Å². The minimum atomic E-state index is -0.611. The van der Waals surface area contributed by atoms with Crippen LogP contribution < -0.4 is 5.32 Å². The number of halogens is 1. The Hall–Kier alpha value is -1.95. The van der Waals surface area contributed by atoms with Gasteiger partial charge in [-0.15, -0.1) is 0 Å². The van der Waals surface area contributed by atoms with Crippen LogP contribution in [0.25, 0.3) is 5.65 Å². The lowest BCUT2D eigenvalue weighted by Gasteiger charge is -2.07. The van der Waals surface area contributed by atoms with Crippen molar-refractivity contribution in [2.75, 3.05) is 19.8 Å². The van der Waals surface area contributed by atoms with Crippen molar-refractivity contribution in [3.63, 3.8) is 0 Å². The maximum atomic E-state index is 14.2. The third-order valence-corrected chi connectivity index (χ3v) is 4.02. The number of nitrogens with one attached hydrogen (secondary N) is 1. The fourth-order valence-corrected chi connectivity index (χ4v) is 2.75. The van der Waals surface area contributed by atoms with Gasteiger partial charge in [-0.25, -0.2) is 4.98 Å². The number of fused-ring (bicyclic) bond motifs is 1. The normalized spacial score (nSPS) is 18.0. The second-order valence-corrected chi connectivity index (χ2v) is 5.81. The van der Waals surface area contributed by atoms with Crippen molar-refractivity contribution in [2.24, 2.45) is 5.92 Å². The van der Waals surface area contributed by atoms with Crippen LogP contribution >= 0.6 is 0 Å². The topological polar surface area (TPSA) is 55.6 Å². The summed E-state index contributed by atoms with van der Waals surface area (Å²) in [5.74, 6) is -0.478. The molecule has 5 nitrogen and oxygen atoms in total. The number of hydrogen-bond donors (Lipinski definition) is 1. The number of rotatable bonds is 5. The lowest BCUT2D eigenvalue weighted by Crippen LogP contribution is -2.26. The van der Waals surface area contributed by atoms with E-state index in [2.05, 4.69) is 10.3 Å². The summed E-state index contributed by atoms with van der Waals surface area (Å²) < 4.78 is 20.9. The van der Waals surface area contributed by atoms with Crippen molar-refractivity contribution < 1.29 is 13.9 Å². The first-order valence-corrected chi connectivity index (χ1v) is 7.65. The molecule has 1 N–H and O–H groups in total. The summed E-state index contributed by atoms with van der Waals surface area (Å²) in [6.07, 6.45) is 4.61. The molecule has 1 fully saturated rings. The number of imidazole rings is 1. The number of carbonyl (C=O) groups is 1. The quantitative estimate of drug-likeness (QED) is 0.863. The maximum Gasteiger partial charge on any atom is 0.274 e. The maximum absolute atomic E-state index is 14.2. The zero-order chi connectivity index (χ0) is 15.5. The number of pyridine rings is 1. The highest BCUT2D eigenvalue weighted by molar-refractivity contribution is 5.93. The molecule has 22 heavy (non-hydrogen) atoms. The fraction of sp³-hybridized carbons (Fsp3) is 0.500. The highest BCUT2D eigenvalue weighted by Gasteiger charge is 2.19. The summed E-state index contributed by atoms with van der Waals surface area (Å²) in [7, 11) is 0. The molecule has 0 radical (unpaired) electrons. The van der Waals surface area contributed by atoms with Crippen molar-refractivity contribution in [3.8, 4) is 0 Å². The zero-order valence-corrected chi connectivity index (χ0v) is 12.6. The monoisotopic (exact) mass is 305 g/mol. The molecule has 0 aliphatic carbocycles. The molecule has 0 saturated carbocycles. The second kappa shape index (κ2) is 6.44. The number of aromatic nitrogens is 2. The molecule has 3 heterocycles. The molecular formula is C16H20FN3O2. The van der Waals surface area contributed by atoms with Gasteiger partial charge in [0.25, 0.3) is 5.91 Å². The summed E-state index contributed by atoms with van der Waals surface area (Å²) in [6, 6.07) is 3.54. The zero-order valence-electron chi connectivity index (χ0n) is 12.6. The molecule has 0 bridgehead atoms. The summed E-state index contributed by atoms with van der Waals surface area (Å²) in [5.41, 5.74) is 1.21. The van der Waals surface area contributed by atoms with Crippen LogP contribution in [0, 0.1) is 18.8 Å². The number of nitrogens with zero attached hydrogens (tertiary/aromatic N) is 2. The minimum Gasteiger partial charge on any atom is -0.381 e. The van der Waals surface area contributed by atoms with E-state index in [9.17, 15) is 9.18 Å². The van der Waals surface area contributed by atoms with E-state index in [0.717, 1.165) is 38.0 Å². The molecule has 118 valence electrons. The Labute approximate surface area is 128 Å². The van der Waals surface area contributed by atoms with Crippen molar-refractivity contribution in [2.45, 2.75) is 26.2 Å². The van der Waals surface area contributed by atoms with Gasteiger partial charge in [-0.2, -0.15) is 4.39 Å². The summed E-state index contributed by atoms with van der Waals surface area (Å²) in [4.78, 5) is 16.1. The molecule has 3 rings (SSSR count). The van der Waals surface area contributed by atoms with Crippen LogP contribution in [0.4, 0.5) is 4.39 Å². The van der Waals surface area contributed by atoms with E-state index in [4.69, 9.17) is 4.74 Å². The lowest BCUT2D eigenvalue weighted by atomic mass is 10.0. The molecule has 1 aliphatic heterocycles. The van der Waals surface area contributed by atoms with Gasteiger partial charge in [0.05, 0.1) is 0 Å². The molecule has 1 unspecified atom stereocenters. The molecule has 6 heteroatoms. The number of aryl methyl sites for hydroxylation is 1. The van der Waals surface area contributed by atoms with E-state index in [1.54, 1.807) is 12.3 Å². The van der Waals surface area contributed by atoms with Crippen LogP contribution in [0.2, 0.25) is 0 Å². The van der Waals surface area contributed by atoms with Crippen LogP contribution in [-0.4, -0.2) is 35.1 Å². The lowest BCUT2D eigenvalue weighted by molar-refractivity contribution is 0.0943. The summed E-state index contributed by atoms with van der Waals surface area (Å²) in [6.45, 7) is 4.05. The second-order valence-electron chi connectivity index (χ2n) is 5.81. The third kappa shape index (κ3) is 3.11. The van der Waals surface area contributed by atoms with Crippen molar-refractivity contribution in [1.82, 2.24) is 14.7 Å². The predicted octanol–water partition coefficient (Wildman–Crippen LogP) is 2.33. The first-order valence-electron chi connectivity index (χ1n) is 7.65. The number of ether oxygens (including phenoxy) is 1. The van der Waals surface area contributed by atoms with Gasteiger partial charge in [0.1, 0.15) is 5.65 Å². The van der Waals surface area contributed by atoms with Gasteiger partial charge in [-0.1, -0.05) is 6.07 Å². The first-order chi connectivity index (χ1) is 10.6. The van der Waals surface area contributed by atoms with Crippen molar-refractivity contribution in [1.29, 1.82) is 0 Å². The van der Waals surface area contributed by atoms with Gasteiger partial charge in [0.2, 0.25) is 5.95 Å². The van der Waals surface area contributed by atoms with Crippen LogP contribution in [0.1, 0.15) is 35.3 Å². The first kappa shape index (κ1) is 15.0. The molecule has 1 saturated heterocycles. The Balaban J connectivity index is 1.58. The highest BCUT2D eigenvalue weighted by Crippen LogP contribution is 2.17. The largest absolute Gasteiger partial charge is 0.381 e. The van der Waals surface area contributed by atoms with Gasteiger partial charge in [-0.05, 0) is 43.7 Å². The van der Waals surface area contributed by atoms with Gasteiger partial charge in [0, 0.05) is 26.0 Å². The molecular weight excluding hydrogens is 285 g/mol. The average Bonchev–Trinajstić information content (AvgIpc) is 3.12. The Morgan fingerprint density at radius 3 is 3.18 bits per heavy atom. The SMILES string of the molecule is Cc1ccc2nc(C(=O)NCCCC3CCOC3)c(F)n2c1. The van der Waals surface area contributed by atoms with Crippen LogP contribution in [0.3, 0.4) is 0 Å². The van der Waals surface area contributed by atoms with Gasteiger partial charge >= 0.3 is 0 Å². The summed E-state index contributed by atoms with van der Waals surface area (Å²) in [5, 5.41) is 2.74. The Morgan fingerprint density at radius 1 is 1.55 bits per heavy atom. The molecule has 0 spiro atoms. The number of hydrogen-bond acceptors (Lipinski definition) is 3. The smallest absolute Gasteiger partial charge is 0.274 e. The highest BCUT2D eigenvalue weighted by atomic mass is 19.1. The Morgan fingerprint density at radius 2 is 2.41 bits per heavy atom. The van der Waals surface area contributed by atoms with E-state index in [0.29, 0.717) is 18.1 Å².